The number of nitrogens with zero attached hydrogens (tertiary/aromatic N) is 2. The van der Waals surface area contributed by atoms with Crippen molar-refractivity contribution in [2.45, 2.75) is 19.4 Å². The zero-order chi connectivity index (χ0) is 25.7. The number of fused-ring (bicyclic) bond motifs is 1. The van der Waals surface area contributed by atoms with Crippen LogP contribution in [-0.4, -0.2) is 45.9 Å². The van der Waals surface area contributed by atoms with Crippen LogP contribution in [0, 0.1) is 0 Å². The molecule has 9 nitrogen and oxygen atoms in total. The number of amides is 2. The van der Waals surface area contributed by atoms with E-state index in [0.29, 0.717) is 28.0 Å². The quantitative estimate of drug-likeness (QED) is 0.312. The minimum absolute atomic E-state index is 0.110. The van der Waals surface area contributed by atoms with Gasteiger partial charge in [-0.25, -0.2) is 0 Å². The topological polar surface area (TPSA) is 140 Å². The van der Waals surface area contributed by atoms with Crippen LogP contribution in [0.3, 0.4) is 0 Å². The maximum atomic E-state index is 13.2. The second-order valence-corrected chi connectivity index (χ2v) is 8.16. The molecule has 0 saturated carbocycles. The number of ketones is 1. The molecule has 1 unspecified atom stereocenters. The van der Waals surface area contributed by atoms with Crippen molar-refractivity contribution < 1.29 is 19.1 Å². The van der Waals surface area contributed by atoms with Crippen LogP contribution in [0.1, 0.15) is 44.6 Å². The first-order chi connectivity index (χ1) is 17.4. The van der Waals surface area contributed by atoms with Crippen molar-refractivity contribution in [3.05, 3.63) is 88.9 Å². The molecule has 4 aromatic rings. The molecular formula is C27H25N5O4. The van der Waals surface area contributed by atoms with Gasteiger partial charge in [-0.05, 0) is 35.4 Å². The zero-order valence-corrected chi connectivity index (χ0v) is 19.8. The fraction of sp³-hybridized carbons (Fsp3) is 0.148. The summed E-state index contributed by atoms with van der Waals surface area (Å²) in [6.45, 7) is 1.46. The van der Waals surface area contributed by atoms with Crippen LogP contribution in [0.15, 0.2) is 60.8 Å². The van der Waals surface area contributed by atoms with Gasteiger partial charge in [-0.3, -0.25) is 24.5 Å². The molecule has 2 aromatic heterocycles. The lowest BCUT2D eigenvalue weighted by molar-refractivity contribution is -0.119. The number of H-pyrrole nitrogens is 1. The lowest BCUT2D eigenvalue weighted by Crippen LogP contribution is -2.45. The van der Waals surface area contributed by atoms with E-state index in [4.69, 9.17) is 10.5 Å². The van der Waals surface area contributed by atoms with Gasteiger partial charge in [0.25, 0.3) is 5.91 Å². The van der Waals surface area contributed by atoms with E-state index in [0.717, 1.165) is 11.1 Å². The summed E-state index contributed by atoms with van der Waals surface area (Å²) in [6.07, 6.45) is 5.41. The lowest BCUT2D eigenvalue weighted by atomic mass is 10.0. The Kier molecular flexibility index (Phi) is 7.20. The van der Waals surface area contributed by atoms with Crippen LogP contribution in [-0.2, 0) is 11.2 Å². The van der Waals surface area contributed by atoms with Gasteiger partial charge < -0.3 is 15.8 Å². The van der Waals surface area contributed by atoms with Crippen molar-refractivity contribution in [3.8, 4) is 5.75 Å². The number of benzene rings is 2. The molecule has 4 N–H and O–H groups in total. The Morgan fingerprint density at radius 1 is 1.08 bits per heavy atom. The smallest absolute Gasteiger partial charge is 0.255 e. The van der Waals surface area contributed by atoms with Crippen LogP contribution in [0.25, 0.3) is 23.1 Å². The highest BCUT2D eigenvalue weighted by molar-refractivity contribution is 6.06. The molecule has 0 aliphatic rings. The van der Waals surface area contributed by atoms with E-state index in [1.165, 1.54) is 14.0 Å². The van der Waals surface area contributed by atoms with E-state index in [1.54, 1.807) is 42.6 Å². The van der Waals surface area contributed by atoms with Gasteiger partial charge in [0, 0.05) is 19.5 Å². The van der Waals surface area contributed by atoms with Crippen molar-refractivity contribution in [1.82, 2.24) is 20.5 Å². The molecule has 36 heavy (non-hydrogen) atoms. The molecule has 0 bridgehead atoms. The molecule has 182 valence electrons. The number of carbonyl (C=O) groups excluding carboxylic acids is 3. The van der Waals surface area contributed by atoms with Crippen molar-refractivity contribution >= 4 is 40.7 Å². The summed E-state index contributed by atoms with van der Waals surface area (Å²) in [5.74, 6) is -0.926. The highest BCUT2D eigenvalue weighted by Gasteiger charge is 2.24. The van der Waals surface area contributed by atoms with E-state index < -0.39 is 17.9 Å². The number of primary amides is 1. The van der Waals surface area contributed by atoms with Gasteiger partial charge in [-0.2, -0.15) is 5.10 Å². The monoisotopic (exact) mass is 483 g/mol. The van der Waals surface area contributed by atoms with Gasteiger partial charge >= 0.3 is 0 Å². The molecule has 2 heterocycles. The number of rotatable bonds is 9. The first kappa shape index (κ1) is 24.3. The molecular weight excluding hydrogens is 458 g/mol. The summed E-state index contributed by atoms with van der Waals surface area (Å²) >= 11 is 0. The first-order valence-electron chi connectivity index (χ1n) is 11.2. The van der Waals surface area contributed by atoms with Crippen molar-refractivity contribution in [2.75, 3.05) is 7.11 Å². The summed E-state index contributed by atoms with van der Waals surface area (Å²) in [5.41, 5.74) is 9.06. The predicted molar refractivity (Wildman–Crippen MR) is 136 cm³/mol. The summed E-state index contributed by atoms with van der Waals surface area (Å²) < 4.78 is 5.61. The second kappa shape index (κ2) is 10.6. The normalized spacial score (nSPS) is 11.9. The third-order valence-electron chi connectivity index (χ3n) is 5.67. The molecule has 1 atom stereocenters. The molecule has 2 aromatic carbocycles. The first-order valence-corrected chi connectivity index (χ1v) is 11.2. The van der Waals surface area contributed by atoms with Crippen LogP contribution in [0.2, 0.25) is 0 Å². The standard InChI is InChI=1S/C27H25N5O4/c1-16(33)20-11-8-18(15-29-20)9-12-21-24-22(32-31-21)13-10-19(25(24)36-2)27(35)30-23(26(28)34)14-17-6-4-3-5-7-17/h3-13,15,23H,14H2,1-2H3,(H2,28,34)(H,30,35)(H,31,32). The summed E-state index contributed by atoms with van der Waals surface area (Å²) in [4.78, 5) is 40.8. The maximum absolute atomic E-state index is 13.2. The number of aromatic amines is 1. The van der Waals surface area contributed by atoms with Crippen LogP contribution < -0.4 is 15.8 Å². The number of hydrogen-bond acceptors (Lipinski definition) is 6. The molecule has 9 heteroatoms. The van der Waals surface area contributed by atoms with Gasteiger partial charge in [-0.15, -0.1) is 0 Å². The van der Waals surface area contributed by atoms with Gasteiger partial charge in [0.2, 0.25) is 5.91 Å². The van der Waals surface area contributed by atoms with E-state index in [2.05, 4.69) is 20.5 Å². The average Bonchev–Trinajstić information content (AvgIpc) is 3.30. The second-order valence-electron chi connectivity index (χ2n) is 8.16. The largest absolute Gasteiger partial charge is 0.495 e. The van der Waals surface area contributed by atoms with Crippen molar-refractivity contribution in [3.63, 3.8) is 0 Å². The highest BCUT2D eigenvalue weighted by Crippen LogP contribution is 2.32. The Bertz CT molecular complexity index is 1440. The third kappa shape index (κ3) is 5.30. The number of nitrogens with two attached hydrogens (primary N) is 1. The number of Topliss-reactive ketones (excluding diaryl/α,β-unsaturated/α-hetero) is 1. The molecule has 0 radical (unpaired) electrons. The number of pyridine rings is 1. The zero-order valence-electron chi connectivity index (χ0n) is 19.8. The Morgan fingerprint density at radius 3 is 2.50 bits per heavy atom. The summed E-state index contributed by atoms with van der Waals surface area (Å²) in [6, 6.07) is 15.2. The fourth-order valence-corrected chi connectivity index (χ4v) is 3.81. The van der Waals surface area contributed by atoms with Crippen LogP contribution >= 0.6 is 0 Å². The molecule has 0 fully saturated rings. The number of ether oxygens (including phenoxy) is 1. The van der Waals surface area contributed by atoms with Gasteiger partial charge in [0.15, 0.2) is 5.78 Å². The minimum atomic E-state index is -0.894. The Labute approximate surface area is 207 Å². The molecule has 4 rings (SSSR count). The molecule has 0 aliphatic heterocycles. The summed E-state index contributed by atoms with van der Waals surface area (Å²) in [7, 11) is 1.46. The van der Waals surface area contributed by atoms with Crippen molar-refractivity contribution in [2.24, 2.45) is 5.73 Å². The lowest BCUT2D eigenvalue weighted by Gasteiger charge is -2.17. The maximum Gasteiger partial charge on any atom is 0.255 e. The average molecular weight is 484 g/mol. The number of nitrogens with one attached hydrogen (secondary N) is 2. The van der Waals surface area contributed by atoms with E-state index >= 15 is 0 Å². The minimum Gasteiger partial charge on any atom is -0.495 e. The highest BCUT2D eigenvalue weighted by atomic mass is 16.5. The molecule has 0 aliphatic carbocycles. The van der Waals surface area contributed by atoms with Crippen LogP contribution in [0.4, 0.5) is 0 Å². The third-order valence-corrected chi connectivity index (χ3v) is 5.67. The van der Waals surface area contributed by atoms with Gasteiger partial charge in [0.05, 0.1) is 29.3 Å². The Morgan fingerprint density at radius 2 is 1.86 bits per heavy atom. The fourth-order valence-electron chi connectivity index (χ4n) is 3.81. The van der Waals surface area contributed by atoms with E-state index in [-0.39, 0.29) is 17.8 Å². The SMILES string of the molecule is COc1c(C(=O)NC(Cc2ccccc2)C(N)=O)ccc2[nH]nc(C=Cc3ccc(C(C)=O)nc3)c12. The van der Waals surface area contributed by atoms with E-state index in [1.807, 2.05) is 30.3 Å². The van der Waals surface area contributed by atoms with Gasteiger partial charge in [0.1, 0.15) is 17.5 Å². The van der Waals surface area contributed by atoms with Gasteiger partial charge in [-0.1, -0.05) is 42.5 Å². The van der Waals surface area contributed by atoms with Crippen LogP contribution in [0.5, 0.6) is 5.75 Å². The number of carbonyl (C=O) groups is 3. The number of methoxy groups -OCH3 is 1. The molecule has 2 amide bonds. The Hall–Kier alpha value is -4.79. The number of aromatic nitrogens is 3. The van der Waals surface area contributed by atoms with Crippen molar-refractivity contribution in [1.29, 1.82) is 0 Å². The number of hydrogen-bond donors (Lipinski definition) is 3. The predicted octanol–water partition coefficient (Wildman–Crippen LogP) is 3.17. The molecule has 0 spiro atoms. The summed E-state index contributed by atoms with van der Waals surface area (Å²) in [5, 5.41) is 10.6. The Balaban J connectivity index is 1.62. The molecule has 0 saturated heterocycles. The van der Waals surface area contributed by atoms with E-state index in [9.17, 15) is 14.4 Å².